The number of imidazole rings is 1. The fourth-order valence-electron chi connectivity index (χ4n) is 5.69. The lowest BCUT2D eigenvalue weighted by Crippen LogP contribution is -2.31. The first kappa shape index (κ1) is 33.8. The van der Waals surface area contributed by atoms with Crippen LogP contribution in [-0.2, 0) is 37.9 Å². The van der Waals surface area contributed by atoms with Gasteiger partial charge in [-0.15, -0.1) is 0 Å². The molecular formula is C36H30ClF2N7O5. The van der Waals surface area contributed by atoms with E-state index in [1.807, 2.05) is 4.57 Å². The first-order valence-electron chi connectivity index (χ1n) is 15.9. The van der Waals surface area contributed by atoms with Gasteiger partial charge in [-0.25, -0.2) is 23.5 Å². The smallest absolute Gasteiger partial charge is 0.335 e. The molecule has 0 aliphatic carbocycles. The van der Waals surface area contributed by atoms with Gasteiger partial charge in [0.1, 0.15) is 29.8 Å². The molecule has 0 spiro atoms. The van der Waals surface area contributed by atoms with Crippen molar-refractivity contribution in [3.63, 3.8) is 0 Å². The topological polar surface area (TPSA) is 146 Å². The fourth-order valence-corrected chi connectivity index (χ4v) is 5.90. The monoisotopic (exact) mass is 713 g/mol. The Balaban J connectivity index is 1.05. The van der Waals surface area contributed by atoms with Gasteiger partial charge in [0, 0.05) is 49.7 Å². The van der Waals surface area contributed by atoms with Gasteiger partial charge < -0.3 is 24.5 Å². The number of amides is 1. The second kappa shape index (κ2) is 14.2. The van der Waals surface area contributed by atoms with Gasteiger partial charge in [-0.1, -0.05) is 17.7 Å². The highest BCUT2D eigenvalue weighted by atomic mass is 35.5. The van der Waals surface area contributed by atoms with E-state index in [4.69, 9.17) is 21.1 Å². The zero-order chi connectivity index (χ0) is 35.6. The number of benzene rings is 2. The SMILES string of the molecule is Cn1nccc1CNC(=O)c1cc(Cl)c(COc2cccc(-c3cc(F)c(Cc4nc5ccc(C(=O)O)cc5n4CC4CCO4)cc3F)n2)cn1. The van der Waals surface area contributed by atoms with E-state index in [1.54, 1.807) is 42.2 Å². The lowest BCUT2D eigenvalue weighted by molar-refractivity contribution is -0.0589. The van der Waals surface area contributed by atoms with E-state index in [1.165, 1.54) is 30.5 Å². The van der Waals surface area contributed by atoms with Gasteiger partial charge in [-0.2, -0.15) is 5.10 Å². The van der Waals surface area contributed by atoms with Crippen LogP contribution in [0.2, 0.25) is 5.02 Å². The molecule has 1 saturated heterocycles. The molecule has 12 nitrogen and oxygen atoms in total. The largest absolute Gasteiger partial charge is 0.478 e. The van der Waals surface area contributed by atoms with Crippen LogP contribution >= 0.6 is 11.6 Å². The van der Waals surface area contributed by atoms with Gasteiger partial charge in [0.05, 0.1) is 52.2 Å². The molecule has 51 heavy (non-hydrogen) atoms. The third kappa shape index (κ3) is 7.28. The number of nitrogens with zero attached hydrogens (tertiary/aromatic N) is 6. The maximum Gasteiger partial charge on any atom is 0.335 e. The van der Waals surface area contributed by atoms with Crippen LogP contribution in [0, 0.1) is 11.6 Å². The quantitative estimate of drug-likeness (QED) is 0.162. The van der Waals surface area contributed by atoms with Crippen molar-refractivity contribution >= 4 is 34.5 Å². The number of nitrogens with one attached hydrogen (secondary N) is 1. The Kier molecular flexibility index (Phi) is 9.43. The molecule has 4 aromatic heterocycles. The number of aromatic carboxylic acids is 1. The van der Waals surface area contributed by atoms with Crippen molar-refractivity contribution in [1.29, 1.82) is 0 Å². The molecule has 1 aliphatic heterocycles. The van der Waals surface area contributed by atoms with Gasteiger partial charge in [0.2, 0.25) is 5.88 Å². The summed E-state index contributed by atoms with van der Waals surface area (Å²) in [6.07, 6.45) is 3.77. The lowest BCUT2D eigenvalue weighted by atomic mass is 10.0. The van der Waals surface area contributed by atoms with Gasteiger partial charge >= 0.3 is 5.97 Å². The van der Waals surface area contributed by atoms with Crippen LogP contribution in [0.25, 0.3) is 22.3 Å². The number of hydrogen-bond donors (Lipinski definition) is 2. The third-order valence-electron chi connectivity index (χ3n) is 8.63. The van der Waals surface area contributed by atoms with E-state index < -0.39 is 23.5 Å². The van der Waals surface area contributed by atoms with Crippen LogP contribution in [0.1, 0.15) is 49.9 Å². The highest BCUT2D eigenvalue weighted by Crippen LogP contribution is 2.29. The number of carbonyl (C=O) groups is 2. The van der Waals surface area contributed by atoms with Crippen molar-refractivity contribution in [2.24, 2.45) is 7.05 Å². The molecule has 1 unspecified atom stereocenters. The average molecular weight is 714 g/mol. The summed E-state index contributed by atoms with van der Waals surface area (Å²) in [6.45, 7) is 1.25. The summed E-state index contributed by atoms with van der Waals surface area (Å²) in [5, 5.41) is 16.6. The number of pyridine rings is 2. The molecule has 1 fully saturated rings. The minimum Gasteiger partial charge on any atom is -0.478 e. The molecule has 0 saturated carbocycles. The van der Waals surface area contributed by atoms with E-state index in [0.717, 1.165) is 24.2 Å². The number of halogens is 3. The van der Waals surface area contributed by atoms with E-state index in [9.17, 15) is 14.7 Å². The van der Waals surface area contributed by atoms with Crippen molar-refractivity contribution in [3.05, 3.63) is 124 Å². The van der Waals surface area contributed by atoms with Gasteiger partial charge in [0.15, 0.2) is 0 Å². The first-order valence-corrected chi connectivity index (χ1v) is 16.3. The number of fused-ring (bicyclic) bond motifs is 1. The van der Waals surface area contributed by atoms with E-state index in [-0.39, 0.29) is 64.7 Å². The molecule has 7 rings (SSSR count). The number of aryl methyl sites for hydroxylation is 1. The van der Waals surface area contributed by atoms with Crippen LogP contribution in [0.5, 0.6) is 5.88 Å². The minimum absolute atomic E-state index is 0.0386. The summed E-state index contributed by atoms with van der Waals surface area (Å²) >= 11 is 6.43. The van der Waals surface area contributed by atoms with Crippen molar-refractivity contribution in [1.82, 2.24) is 34.6 Å². The maximum atomic E-state index is 15.6. The van der Waals surface area contributed by atoms with Crippen LogP contribution in [0.4, 0.5) is 8.78 Å². The lowest BCUT2D eigenvalue weighted by Gasteiger charge is -2.27. The number of aromatic nitrogens is 6. The first-order chi connectivity index (χ1) is 24.6. The Bertz CT molecular complexity index is 2290. The average Bonchev–Trinajstić information content (AvgIpc) is 3.67. The van der Waals surface area contributed by atoms with Gasteiger partial charge in [-0.3, -0.25) is 14.5 Å². The number of hydrogen-bond acceptors (Lipinski definition) is 8. The highest BCUT2D eigenvalue weighted by Gasteiger charge is 2.24. The zero-order valence-corrected chi connectivity index (χ0v) is 27.9. The third-order valence-corrected chi connectivity index (χ3v) is 8.98. The van der Waals surface area contributed by atoms with Gasteiger partial charge in [0.25, 0.3) is 5.91 Å². The van der Waals surface area contributed by atoms with Crippen molar-refractivity contribution in [2.75, 3.05) is 6.61 Å². The molecule has 2 aromatic carbocycles. The van der Waals surface area contributed by atoms with Crippen LogP contribution in [0.3, 0.4) is 0 Å². The number of ether oxygens (including phenoxy) is 2. The Morgan fingerprint density at radius 3 is 2.65 bits per heavy atom. The Hall–Kier alpha value is -5.73. The molecule has 260 valence electrons. The molecule has 2 N–H and O–H groups in total. The summed E-state index contributed by atoms with van der Waals surface area (Å²) in [5.41, 5.74) is 2.81. The van der Waals surface area contributed by atoms with E-state index in [2.05, 4.69) is 25.4 Å². The predicted molar refractivity (Wildman–Crippen MR) is 181 cm³/mol. The summed E-state index contributed by atoms with van der Waals surface area (Å²) in [4.78, 5) is 37.4. The predicted octanol–water partition coefficient (Wildman–Crippen LogP) is 5.75. The number of carbonyl (C=O) groups excluding carboxylic acids is 1. The Morgan fingerprint density at radius 2 is 1.92 bits per heavy atom. The van der Waals surface area contributed by atoms with E-state index >= 15 is 8.78 Å². The molecule has 1 amide bonds. The Labute approximate surface area is 294 Å². The molecule has 15 heteroatoms. The Morgan fingerprint density at radius 1 is 1.08 bits per heavy atom. The number of carboxylic acids is 1. The van der Waals surface area contributed by atoms with E-state index in [0.29, 0.717) is 35.6 Å². The minimum atomic E-state index is -1.08. The van der Waals surface area contributed by atoms with Crippen LogP contribution in [-0.4, -0.2) is 59.0 Å². The molecule has 5 heterocycles. The molecule has 0 radical (unpaired) electrons. The van der Waals surface area contributed by atoms with Crippen LogP contribution in [0.15, 0.2) is 73.1 Å². The second-order valence-corrected chi connectivity index (χ2v) is 12.4. The molecule has 6 aromatic rings. The van der Waals surface area contributed by atoms with Gasteiger partial charge in [-0.05, 0) is 60.5 Å². The highest BCUT2D eigenvalue weighted by molar-refractivity contribution is 6.31. The standard InChI is InChI=1S/C36H30ClF2N7O5/c1-45-23(7-9-42-45)17-41-35(47)31-15-26(37)22(16-40-31)19-51-34-4-2-3-29(44-34)25-14-27(38)21(11-28(25)39)13-33-43-30-6-5-20(36(48)49)12-32(30)46(33)18-24-8-10-50-24/h2-7,9,11-12,14-16,24H,8,10,13,17-19H2,1H3,(H,41,47)(H,48,49). The van der Waals surface area contributed by atoms with Crippen molar-refractivity contribution in [2.45, 2.75) is 38.6 Å². The summed E-state index contributed by atoms with van der Waals surface area (Å²) in [5.74, 6) is -2.25. The summed E-state index contributed by atoms with van der Waals surface area (Å²) in [6, 6.07) is 14.7. The normalized spacial score (nSPS) is 14.0. The molecule has 1 aliphatic rings. The second-order valence-electron chi connectivity index (χ2n) is 12.0. The molecular weight excluding hydrogens is 684 g/mol. The molecule has 1 atom stereocenters. The fraction of sp³-hybridized carbons (Fsp3) is 0.222. The number of carboxylic acid groups (broad SMARTS) is 1. The summed E-state index contributed by atoms with van der Waals surface area (Å²) < 4.78 is 46.1. The summed E-state index contributed by atoms with van der Waals surface area (Å²) in [7, 11) is 1.77. The van der Waals surface area contributed by atoms with Crippen LogP contribution < -0.4 is 10.1 Å². The number of rotatable bonds is 12. The van der Waals surface area contributed by atoms with Crippen molar-refractivity contribution < 1.29 is 33.0 Å². The van der Waals surface area contributed by atoms with Crippen molar-refractivity contribution in [3.8, 4) is 17.1 Å². The molecule has 0 bridgehead atoms. The maximum absolute atomic E-state index is 15.6. The zero-order valence-electron chi connectivity index (χ0n) is 27.1.